The largest absolute Gasteiger partial charge is 0.480 e. The molecule has 0 bridgehead atoms. The van der Waals surface area contributed by atoms with Gasteiger partial charge in [0, 0.05) is 117 Å². The third-order valence-electron chi connectivity index (χ3n) is 17.7. The minimum Gasteiger partial charge on any atom is -0.480 e. The molecule has 6 aromatic rings. The highest BCUT2D eigenvalue weighted by molar-refractivity contribution is 9.10. The maximum Gasteiger partial charge on any atom is 0.338 e. The monoisotopic (exact) mass is 1760 g/mol. The molecule has 9 heterocycles. The zero-order valence-corrected chi connectivity index (χ0v) is 65.9. The van der Waals surface area contributed by atoms with Gasteiger partial charge in [0.1, 0.15) is 73.7 Å². The number of ether oxygens (including phenoxy) is 6. The van der Waals surface area contributed by atoms with Gasteiger partial charge < -0.3 is 59.7 Å². The lowest BCUT2D eigenvalue weighted by Gasteiger charge is -2.39. The van der Waals surface area contributed by atoms with E-state index in [4.69, 9.17) is 71.9 Å². The van der Waals surface area contributed by atoms with Gasteiger partial charge in [0.15, 0.2) is 32.5 Å². The van der Waals surface area contributed by atoms with Gasteiger partial charge in [0.05, 0.1) is 56.2 Å². The van der Waals surface area contributed by atoms with Gasteiger partial charge in [-0.05, 0) is 82.0 Å². The number of carboxylic acids is 3. The van der Waals surface area contributed by atoms with Crippen LogP contribution < -0.4 is 16.0 Å². The summed E-state index contributed by atoms with van der Waals surface area (Å²) in [6.45, 7) is 0.548. The van der Waals surface area contributed by atoms with Gasteiger partial charge in [-0.15, -0.1) is 34.0 Å². The standard InChI is InChI=1S/C24H24BrF3N4O5S.2C24H24ClF3N4O5S/c3*1-2-36-23(35)19-16(10-32-7-5-17(24(27,28)12-32)37-11-18(33)34)30-21(22-29-6-8-38-22)31-20(19)14-4-3-13(26)9-15(14)25/h3*3-4,6,8-9,17,20H,2,5,7,10-12H2,1H3,(H,30,31)(H,33,34)/t2*17?,20-;/m00./s1. The van der Waals surface area contributed by atoms with E-state index in [2.05, 4.69) is 56.8 Å². The molecule has 6 aliphatic heterocycles. The molecule has 27 nitrogen and oxygen atoms in total. The Labute approximate surface area is 674 Å². The summed E-state index contributed by atoms with van der Waals surface area (Å²) in [6.07, 6.45) is -0.276. The molecule has 3 aromatic heterocycles. The maximum atomic E-state index is 14.9. The van der Waals surface area contributed by atoms with Crippen LogP contribution in [0, 0.1) is 17.5 Å². The number of benzene rings is 3. The average Bonchev–Trinajstić information content (AvgIpc) is 1.28. The van der Waals surface area contributed by atoms with Gasteiger partial charge in [0.2, 0.25) is 0 Å². The summed E-state index contributed by atoms with van der Waals surface area (Å²) in [6, 6.07) is 8.41. The Morgan fingerprint density at radius 2 is 0.772 bits per heavy atom. The van der Waals surface area contributed by atoms with Gasteiger partial charge in [0.25, 0.3) is 17.8 Å². The summed E-state index contributed by atoms with van der Waals surface area (Å²) in [4.78, 5) is 103. The lowest BCUT2D eigenvalue weighted by molar-refractivity contribution is -0.181. The van der Waals surface area contributed by atoms with E-state index < -0.39 is 147 Å². The number of hydrogen-bond donors (Lipinski definition) is 6. The minimum atomic E-state index is -3.33. The molecule has 3 fully saturated rings. The highest BCUT2D eigenvalue weighted by Gasteiger charge is 2.50. The number of halogens is 12. The predicted octanol–water partition coefficient (Wildman–Crippen LogP) is 11.1. The van der Waals surface area contributed by atoms with Crippen molar-refractivity contribution in [2.75, 3.05) is 98.5 Å². The fraction of sp³-hybridized carbons (Fsp3) is 0.417. The number of aliphatic carboxylic acids is 3. The number of nitrogens with one attached hydrogen (secondary N) is 3. The van der Waals surface area contributed by atoms with E-state index in [0.29, 0.717) is 59.4 Å². The lowest BCUT2D eigenvalue weighted by Crippen LogP contribution is -2.54. The van der Waals surface area contributed by atoms with Gasteiger partial charge >= 0.3 is 35.8 Å². The fourth-order valence-electron chi connectivity index (χ4n) is 12.9. The van der Waals surface area contributed by atoms with E-state index in [-0.39, 0.29) is 117 Å². The molecule has 612 valence electrons. The van der Waals surface area contributed by atoms with E-state index >= 15 is 0 Å². The van der Waals surface area contributed by atoms with Gasteiger partial charge in [-0.25, -0.2) is 83.2 Å². The average molecular weight is 1760 g/mol. The summed E-state index contributed by atoms with van der Waals surface area (Å²) >= 11 is 19.9. The first-order valence-corrected chi connectivity index (χ1v) is 39.0. The summed E-state index contributed by atoms with van der Waals surface area (Å²) in [5.74, 6) is -16.9. The van der Waals surface area contributed by atoms with Crippen molar-refractivity contribution in [2.45, 2.75) is 94.2 Å². The molecule has 3 aromatic carbocycles. The summed E-state index contributed by atoms with van der Waals surface area (Å²) in [5.41, 5.74) is 2.16. The number of carboxylic acid groups (broad SMARTS) is 3. The molecular formula is C72H72BrCl2F9N12O15S3. The van der Waals surface area contributed by atoms with Crippen LogP contribution in [0.4, 0.5) is 39.5 Å². The van der Waals surface area contributed by atoms with E-state index in [9.17, 15) is 68.3 Å². The van der Waals surface area contributed by atoms with Gasteiger partial charge in [-0.1, -0.05) is 57.3 Å². The Morgan fingerprint density at radius 3 is 1.03 bits per heavy atom. The van der Waals surface area contributed by atoms with Crippen molar-refractivity contribution < 1.29 is 112 Å². The van der Waals surface area contributed by atoms with Crippen molar-refractivity contribution in [3.8, 4) is 0 Å². The summed E-state index contributed by atoms with van der Waals surface area (Å²) < 4.78 is 162. The maximum absolute atomic E-state index is 14.9. The molecule has 6 atom stereocenters. The first-order valence-electron chi connectivity index (χ1n) is 34.9. The highest BCUT2D eigenvalue weighted by atomic mass is 79.9. The highest BCUT2D eigenvalue weighted by Crippen LogP contribution is 2.43. The van der Waals surface area contributed by atoms with Gasteiger partial charge in [-0.2, -0.15) is 0 Å². The molecule has 114 heavy (non-hydrogen) atoms. The van der Waals surface area contributed by atoms with Crippen LogP contribution in [-0.4, -0.2) is 233 Å². The number of carbonyl (C=O) groups is 6. The third-order valence-corrected chi connectivity index (χ3v) is 21.4. The second-order valence-electron chi connectivity index (χ2n) is 25.7. The quantitative estimate of drug-likeness (QED) is 0.0158. The third kappa shape index (κ3) is 22.4. The topological polar surface area (TPSA) is 340 Å². The van der Waals surface area contributed by atoms with Crippen LogP contribution in [0.2, 0.25) is 10.0 Å². The first kappa shape index (κ1) is 87.6. The van der Waals surface area contributed by atoms with E-state index in [1.165, 1.54) is 91.2 Å². The Kier molecular flexibility index (Phi) is 30.1. The SMILES string of the molecule is CCOC(=O)C1=C(CN2CCC(OCC(=O)O)C(F)(F)C2)NC(c2nccs2)=NC1c1ccc(F)cc1Cl.CCOC(=O)C1=C(CN2CCC(OCC(=O)O)C(F)(F)C2)NC(c2nccs2)=N[C@H]1c1ccc(F)cc1Br.CCOC(=O)C1=C(CN2CCC(OCC(=O)O)C(F)(F)C2)NC(c2nccs2)=N[C@H]1c1ccc(F)cc1Cl. The number of amidine groups is 3. The molecule has 6 N–H and O–H groups in total. The fourth-order valence-corrected chi connectivity index (χ4v) is 15.7. The number of alkyl halides is 6. The zero-order chi connectivity index (χ0) is 82.3. The molecule has 0 aliphatic carbocycles. The smallest absolute Gasteiger partial charge is 0.338 e. The summed E-state index contributed by atoms with van der Waals surface area (Å²) in [5, 5.41) is 42.3. The van der Waals surface area contributed by atoms with Crippen LogP contribution in [-0.2, 0) is 57.2 Å². The number of rotatable bonds is 27. The number of aromatic nitrogens is 3. The molecule has 3 saturated heterocycles. The number of carbonyl (C=O) groups excluding carboxylic acids is 3. The molecule has 0 spiro atoms. The van der Waals surface area contributed by atoms with Crippen LogP contribution >= 0.6 is 73.1 Å². The lowest BCUT2D eigenvalue weighted by atomic mass is 9.94. The first-order chi connectivity index (χ1) is 54.3. The molecule has 12 rings (SSSR count). The van der Waals surface area contributed by atoms with Crippen molar-refractivity contribution in [1.29, 1.82) is 0 Å². The number of hydrogen-bond acceptors (Lipinski definition) is 27. The van der Waals surface area contributed by atoms with Gasteiger partial charge in [-0.3, -0.25) is 29.7 Å². The number of likely N-dealkylation sites (tertiary alicyclic amines) is 3. The molecule has 6 aliphatic rings. The summed E-state index contributed by atoms with van der Waals surface area (Å²) in [7, 11) is 0. The minimum absolute atomic E-state index is 0.0308. The van der Waals surface area contributed by atoms with Crippen molar-refractivity contribution in [3.63, 3.8) is 0 Å². The Balaban J connectivity index is 0.000000181. The molecule has 0 radical (unpaired) electrons. The van der Waals surface area contributed by atoms with Crippen LogP contribution in [0.25, 0.3) is 0 Å². The van der Waals surface area contributed by atoms with Crippen LogP contribution in [0.5, 0.6) is 0 Å². The molecule has 42 heteroatoms. The number of esters is 3. The number of aliphatic imine (C=N–C) groups is 3. The number of piperidine rings is 3. The van der Waals surface area contributed by atoms with E-state index in [1.807, 2.05) is 0 Å². The predicted molar refractivity (Wildman–Crippen MR) is 402 cm³/mol. The second-order valence-corrected chi connectivity index (χ2v) is 30.1. The number of thiazole rings is 3. The molecule has 4 unspecified atom stereocenters. The van der Waals surface area contributed by atoms with Crippen molar-refractivity contribution in [3.05, 3.63) is 187 Å². The normalized spacial score (nSPS) is 21.6. The molecule has 0 amide bonds. The number of nitrogens with zero attached hydrogens (tertiary/aromatic N) is 9. The zero-order valence-electron chi connectivity index (χ0n) is 60.4. The van der Waals surface area contributed by atoms with Crippen molar-refractivity contribution >= 4 is 126 Å². The van der Waals surface area contributed by atoms with Crippen molar-refractivity contribution in [1.82, 2.24) is 45.6 Å². The molecular weight excluding hydrogens is 1690 g/mol. The van der Waals surface area contributed by atoms with Crippen LogP contribution in [0.15, 0.2) is 143 Å². The van der Waals surface area contributed by atoms with E-state index in [0.717, 1.165) is 12.1 Å². The molecule has 0 saturated carbocycles. The van der Waals surface area contributed by atoms with Crippen molar-refractivity contribution in [2.24, 2.45) is 15.0 Å². The Morgan fingerprint density at radius 1 is 0.482 bits per heavy atom. The van der Waals surface area contributed by atoms with E-state index in [1.54, 1.807) is 55.5 Å². The van der Waals surface area contributed by atoms with Crippen LogP contribution in [0.3, 0.4) is 0 Å². The van der Waals surface area contributed by atoms with Crippen LogP contribution in [0.1, 0.15) is 89.9 Å². The Hall–Kier alpha value is -8.81. The Bertz CT molecular complexity index is 4230. The second kappa shape index (κ2) is 39.2.